The Morgan fingerprint density at radius 3 is 2.80 bits per heavy atom. The summed E-state index contributed by atoms with van der Waals surface area (Å²) in [5, 5.41) is 12.9. The fourth-order valence-corrected chi connectivity index (χ4v) is 2.14. The van der Waals surface area contributed by atoms with Crippen LogP contribution in [0.5, 0.6) is 0 Å². The molecule has 20 heavy (non-hydrogen) atoms. The Kier molecular flexibility index (Phi) is 2.78. The van der Waals surface area contributed by atoms with Crippen LogP contribution in [-0.2, 0) is 6.54 Å². The minimum Gasteiger partial charge on any atom is -0.478 e. The number of hydrogen-bond donors (Lipinski definition) is 1. The Labute approximate surface area is 115 Å². The van der Waals surface area contributed by atoms with E-state index in [0.717, 1.165) is 17.0 Å². The van der Waals surface area contributed by atoms with Crippen LogP contribution in [0.2, 0.25) is 0 Å². The van der Waals surface area contributed by atoms with Gasteiger partial charge in [0.05, 0.1) is 24.0 Å². The summed E-state index contributed by atoms with van der Waals surface area (Å²) in [4.78, 5) is 15.3. The fourth-order valence-electron chi connectivity index (χ4n) is 2.14. The van der Waals surface area contributed by atoms with E-state index in [1.165, 1.54) is 18.0 Å². The molecule has 3 rings (SSSR count). The summed E-state index contributed by atoms with van der Waals surface area (Å²) in [6.07, 6.45) is 4.80. The molecule has 6 heteroatoms. The van der Waals surface area contributed by atoms with Gasteiger partial charge in [-0.3, -0.25) is 4.68 Å². The Hall–Kier alpha value is -2.63. The van der Waals surface area contributed by atoms with Crippen molar-refractivity contribution in [1.29, 1.82) is 0 Å². The molecule has 0 atom stereocenters. The summed E-state index contributed by atoms with van der Waals surface area (Å²) in [7, 11) is 0. The number of hydrogen-bond acceptors (Lipinski definition) is 3. The molecule has 0 aliphatic heterocycles. The van der Waals surface area contributed by atoms with E-state index in [0.29, 0.717) is 6.54 Å². The van der Waals surface area contributed by atoms with Crippen LogP contribution in [0, 0.1) is 13.8 Å². The highest BCUT2D eigenvalue weighted by Crippen LogP contribution is 2.13. The van der Waals surface area contributed by atoms with Gasteiger partial charge in [0.25, 0.3) is 0 Å². The summed E-state index contributed by atoms with van der Waals surface area (Å²) < 4.78 is 3.61. The minimum absolute atomic E-state index is 0.181. The van der Waals surface area contributed by atoms with Crippen LogP contribution in [0.15, 0.2) is 30.7 Å². The van der Waals surface area contributed by atoms with Crippen molar-refractivity contribution in [3.8, 4) is 0 Å². The lowest BCUT2D eigenvalue weighted by molar-refractivity contribution is 0.0697. The molecule has 3 aromatic heterocycles. The van der Waals surface area contributed by atoms with Crippen LogP contribution in [-0.4, -0.2) is 30.2 Å². The molecule has 0 aliphatic carbocycles. The Morgan fingerprint density at radius 1 is 1.30 bits per heavy atom. The molecule has 1 N–H and O–H groups in total. The van der Waals surface area contributed by atoms with Crippen LogP contribution in [0.3, 0.4) is 0 Å². The number of carboxylic acid groups (broad SMARTS) is 1. The number of rotatable bonds is 3. The lowest BCUT2D eigenvalue weighted by Crippen LogP contribution is -2.00. The second kappa shape index (κ2) is 4.48. The van der Waals surface area contributed by atoms with Gasteiger partial charge < -0.3 is 9.51 Å². The standard InChI is InChI=1S/C14H14N4O2/c1-9-3-4-13-16-12(8-18(13)10(9)2)7-17-6-11(5-15-17)14(19)20/h3-6,8H,7H2,1-2H3,(H,19,20). The van der Waals surface area contributed by atoms with Crippen molar-refractivity contribution in [1.82, 2.24) is 19.2 Å². The maximum absolute atomic E-state index is 10.8. The first kappa shape index (κ1) is 12.4. The Bertz CT molecular complexity index is 801. The zero-order valence-corrected chi connectivity index (χ0v) is 11.2. The monoisotopic (exact) mass is 270 g/mol. The van der Waals surface area contributed by atoms with Gasteiger partial charge >= 0.3 is 5.97 Å². The second-order valence-electron chi connectivity index (χ2n) is 4.79. The molecular weight excluding hydrogens is 256 g/mol. The summed E-state index contributed by atoms with van der Waals surface area (Å²) >= 11 is 0. The topological polar surface area (TPSA) is 72.4 Å². The van der Waals surface area contributed by atoms with Crippen molar-refractivity contribution in [2.24, 2.45) is 0 Å². The molecule has 0 aromatic carbocycles. The predicted molar refractivity (Wildman–Crippen MR) is 73.0 cm³/mol. The molecule has 0 aliphatic rings. The van der Waals surface area contributed by atoms with Gasteiger partial charge in [0.2, 0.25) is 0 Å². The number of carboxylic acids is 1. The van der Waals surface area contributed by atoms with Crippen molar-refractivity contribution in [3.05, 3.63) is 53.2 Å². The number of imidazole rings is 1. The van der Waals surface area contributed by atoms with E-state index in [4.69, 9.17) is 5.11 Å². The smallest absolute Gasteiger partial charge is 0.338 e. The fraction of sp³-hybridized carbons (Fsp3) is 0.214. The third-order valence-corrected chi connectivity index (χ3v) is 3.40. The quantitative estimate of drug-likeness (QED) is 0.789. The molecule has 3 heterocycles. The molecule has 0 bridgehead atoms. The lowest BCUT2D eigenvalue weighted by atomic mass is 10.2. The first-order chi connectivity index (χ1) is 9.54. The number of fused-ring (bicyclic) bond motifs is 1. The molecular formula is C14H14N4O2. The number of pyridine rings is 1. The summed E-state index contributed by atoms with van der Waals surface area (Å²) in [5.41, 5.74) is 4.26. The summed E-state index contributed by atoms with van der Waals surface area (Å²) in [6.45, 7) is 4.55. The van der Waals surface area contributed by atoms with Crippen molar-refractivity contribution in [2.75, 3.05) is 0 Å². The zero-order chi connectivity index (χ0) is 14.3. The number of carbonyl (C=O) groups is 1. The van der Waals surface area contributed by atoms with Gasteiger partial charge in [0, 0.05) is 18.1 Å². The molecule has 102 valence electrons. The summed E-state index contributed by atoms with van der Waals surface area (Å²) in [5.74, 6) is -0.974. The van der Waals surface area contributed by atoms with Crippen molar-refractivity contribution >= 4 is 11.6 Å². The number of aromatic nitrogens is 4. The van der Waals surface area contributed by atoms with Crippen LogP contribution in [0.25, 0.3) is 5.65 Å². The first-order valence-electron chi connectivity index (χ1n) is 6.24. The average Bonchev–Trinajstić information content (AvgIpc) is 3.01. The zero-order valence-electron chi connectivity index (χ0n) is 11.2. The number of aromatic carboxylic acids is 1. The second-order valence-corrected chi connectivity index (χ2v) is 4.79. The minimum atomic E-state index is -0.974. The van der Waals surface area contributed by atoms with E-state index in [1.807, 2.05) is 29.7 Å². The largest absolute Gasteiger partial charge is 0.478 e. The van der Waals surface area contributed by atoms with Crippen LogP contribution >= 0.6 is 0 Å². The van der Waals surface area contributed by atoms with Gasteiger partial charge in [-0.05, 0) is 25.5 Å². The van der Waals surface area contributed by atoms with Crippen LogP contribution < -0.4 is 0 Å². The van der Waals surface area contributed by atoms with E-state index in [-0.39, 0.29) is 5.56 Å². The van der Waals surface area contributed by atoms with Gasteiger partial charge in [0.1, 0.15) is 5.65 Å². The Balaban J connectivity index is 1.94. The SMILES string of the molecule is Cc1ccc2nc(Cn3cc(C(=O)O)cn3)cn2c1C. The van der Waals surface area contributed by atoms with E-state index in [2.05, 4.69) is 17.0 Å². The van der Waals surface area contributed by atoms with E-state index < -0.39 is 5.97 Å². The molecule has 6 nitrogen and oxygen atoms in total. The molecule has 0 radical (unpaired) electrons. The molecule has 0 unspecified atom stereocenters. The summed E-state index contributed by atoms with van der Waals surface area (Å²) in [6, 6.07) is 4.01. The van der Waals surface area contributed by atoms with Crippen molar-refractivity contribution < 1.29 is 9.90 Å². The third kappa shape index (κ3) is 2.05. The molecule has 3 aromatic rings. The van der Waals surface area contributed by atoms with Gasteiger partial charge in [-0.1, -0.05) is 6.07 Å². The maximum Gasteiger partial charge on any atom is 0.338 e. The highest BCUT2D eigenvalue weighted by molar-refractivity contribution is 5.86. The average molecular weight is 270 g/mol. The molecule has 0 amide bonds. The molecule has 0 saturated carbocycles. The van der Waals surface area contributed by atoms with Gasteiger partial charge in [-0.25, -0.2) is 9.78 Å². The van der Waals surface area contributed by atoms with Crippen LogP contribution in [0.1, 0.15) is 27.3 Å². The molecule has 0 spiro atoms. The number of aryl methyl sites for hydroxylation is 2. The van der Waals surface area contributed by atoms with Crippen molar-refractivity contribution in [3.63, 3.8) is 0 Å². The predicted octanol–water partition coefficient (Wildman–Crippen LogP) is 1.89. The normalized spacial score (nSPS) is 11.1. The van der Waals surface area contributed by atoms with Gasteiger partial charge in [0.15, 0.2) is 0 Å². The molecule has 0 saturated heterocycles. The van der Waals surface area contributed by atoms with Gasteiger partial charge in [-0.15, -0.1) is 0 Å². The highest BCUT2D eigenvalue weighted by Gasteiger charge is 2.09. The Morgan fingerprint density at radius 2 is 2.10 bits per heavy atom. The van der Waals surface area contributed by atoms with Crippen molar-refractivity contribution in [2.45, 2.75) is 20.4 Å². The molecule has 0 fully saturated rings. The maximum atomic E-state index is 10.8. The van der Waals surface area contributed by atoms with E-state index in [1.54, 1.807) is 4.68 Å². The van der Waals surface area contributed by atoms with E-state index in [9.17, 15) is 4.79 Å². The lowest BCUT2D eigenvalue weighted by Gasteiger charge is -2.02. The van der Waals surface area contributed by atoms with Gasteiger partial charge in [-0.2, -0.15) is 5.10 Å². The highest BCUT2D eigenvalue weighted by atomic mass is 16.4. The first-order valence-corrected chi connectivity index (χ1v) is 6.24. The van der Waals surface area contributed by atoms with E-state index >= 15 is 0 Å². The third-order valence-electron chi connectivity index (χ3n) is 3.40. The van der Waals surface area contributed by atoms with Crippen LogP contribution in [0.4, 0.5) is 0 Å². The number of nitrogens with zero attached hydrogens (tertiary/aromatic N) is 4.